The third-order valence-corrected chi connectivity index (χ3v) is 6.61. The Labute approximate surface area is 180 Å². The summed E-state index contributed by atoms with van der Waals surface area (Å²) < 4.78 is 6.36. The van der Waals surface area contributed by atoms with Crippen molar-refractivity contribution >= 4 is 28.4 Å². The first-order valence-electron chi connectivity index (χ1n) is 10.3. The van der Waals surface area contributed by atoms with E-state index in [2.05, 4.69) is 16.4 Å². The molecule has 30 heavy (non-hydrogen) atoms. The minimum Gasteiger partial charge on any atom is -0.490 e. The normalized spacial score (nSPS) is 20.8. The van der Waals surface area contributed by atoms with Crippen LogP contribution >= 0.6 is 11.6 Å². The van der Waals surface area contributed by atoms with Gasteiger partial charge in [0, 0.05) is 41.0 Å². The first-order chi connectivity index (χ1) is 14.4. The second-order valence-electron chi connectivity index (χ2n) is 8.49. The van der Waals surface area contributed by atoms with Gasteiger partial charge in [0.25, 0.3) is 0 Å². The molecule has 2 heterocycles. The molecule has 1 saturated carbocycles. The number of carbonyl (C=O) groups is 1. The summed E-state index contributed by atoms with van der Waals surface area (Å²) in [5.74, 6) is 1.000. The number of nitrogens with zero attached hydrogens (tertiary/aromatic N) is 1. The second kappa shape index (κ2) is 7.25. The lowest BCUT2D eigenvalue weighted by Crippen LogP contribution is -2.25. The lowest BCUT2D eigenvalue weighted by atomic mass is 9.98. The molecule has 2 fully saturated rings. The Morgan fingerprint density at radius 3 is 2.77 bits per heavy atom. The van der Waals surface area contributed by atoms with Gasteiger partial charge in [-0.05, 0) is 66.8 Å². The smallest absolute Gasteiger partial charge is 0.220 e. The van der Waals surface area contributed by atoms with Crippen LogP contribution in [0, 0.1) is 5.92 Å². The lowest BCUT2D eigenvalue weighted by molar-refractivity contribution is -0.119. The van der Waals surface area contributed by atoms with Crippen LogP contribution in [-0.2, 0) is 10.3 Å². The topological polar surface area (TPSA) is 77.2 Å². The van der Waals surface area contributed by atoms with Crippen LogP contribution < -0.4 is 15.8 Å². The third-order valence-electron chi connectivity index (χ3n) is 6.30. The largest absolute Gasteiger partial charge is 0.490 e. The molecule has 0 unspecified atom stereocenters. The summed E-state index contributed by atoms with van der Waals surface area (Å²) in [4.78, 5) is 16.1. The van der Waals surface area contributed by atoms with E-state index in [9.17, 15) is 4.79 Å². The van der Waals surface area contributed by atoms with Crippen molar-refractivity contribution in [3.8, 4) is 16.9 Å². The van der Waals surface area contributed by atoms with E-state index in [1.54, 1.807) is 6.20 Å². The van der Waals surface area contributed by atoms with Crippen LogP contribution in [0.15, 0.2) is 48.7 Å². The van der Waals surface area contributed by atoms with E-state index in [0.29, 0.717) is 18.0 Å². The number of nitrogens with two attached hydrogens (primary N) is 1. The molecular formula is C24H24ClN3O2. The van der Waals surface area contributed by atoms with Crippen LogP contribution in [0.3, 0.4) is 0 Å². The molecule has 0 spiro atoms. The fourth-order valence-electron chi connectivity index (χ4n) is 4.17. The van der Waals surface area contributed by atoms with Crippen molar-refractivity contribution in [1.82, 2.24) is 10.3 Å². The molecule has 2 atom stereocenters. The molecule has 1 saturated heterocycles. The van der Waals surface area contributed by atoms with Gasteiger partial charge in [-0.1, -0.05) is 23.7 Å². The molecule has 1 aromatic heterocycles. The van der Waals surface area contributed by atoms with Gasteiger partial charge in [0.15, 0.2) is 0 Å². The molecule has 0 bridgehead atoms. The quantitative estimate of drug-likeness (QED) is 0.639. The Kier molecular flexibility index (Phi) is 4.68. The zero-order valence-corrected chi connectivity index (χ0v) is 17.6. The predicted molar refractivity (Wildman–Crippen MR) is 118 cm³/mol. The van der Waals surface area contributed by atoms with Gasteiger partial charge in [-0.15, -0.1) is 0 Å². The van der Waals surface area contributed by atoms with Crippen molar-refractivity contribution in [1.29, 1.82) is 0 Å². The molecule has 1 aliphatic heterocycles. The van der Waals surface area contributed by atoms with Gasteiger partial charge >= 0.3 is 0 Å². The highest BCUT2D eigenvalue weighted by atomic mass is 35.5. The molecule has 6 heteroatoms. The number of hydrogen-bond donors (Lipinski definition) is 2. The molecular weight excluding hydrogens is 398 g/mol. The molecule has 5 nitrogen and oxygen atoms in total. The van der Waals surface area contributed by atoms with E-state index < -0.39 is 0 Å². The van der Waals surface area contributed by atoms with Crippen molar-refractivity contribution < 1.29 is 9.53 Å². The predicted octanol–water partition coefficient (Wildman–Crippen LogP) is 4.41. The first-order valence-corrected chi connectivity index (χ1v) is 10.7. The minimum absolute atomic E-state index is 0.0822. The van der Waals surface area contributed by atoms with Crippen LogP contribution in [0.1, 0.15) is 31.7 Å². The Hall–Kier alpha value is -2.63. The lowest BCUT2D eigenvalue weighted by Gasteiger charge is -2.21. The van der Waals surface area contributed by atoms with Gasteiger partial charge in [-0.3, -0.25) is 9.78 Å². The Bertz CT molecular complexity index is 1140. The molecule has 3 aromatic rings. The fraction of sp³-hybridized carbons (Fsp3) is 0.333. The van der Waals surface area contributed by atoms with Gasteiger partial charge in [-0.2, -0.15) is 0 Å². The van der Waals surface area contributed by atoms with Crippen LogP contribution in [0.5, 0.6) is 5.75 Å². The minimum atomic E-state index is -0.267. The molecule has 1 amide bonds. The van der Waals surface area contributed by atoms with Gasteiger partial charge < -0.3 is 15.8 Å². The van der Waals surface area contributed by atoms with Gasteiger partial charge in [0.05, 0.1) is 5.52 Å². The molecule has 154 valence electrons. The summed E-state index contributed by atoms with van der Waals surface area (Å²) in [6.07, 6.45) is 4.12. The maximum absolute atomic E-state index is 11.6. The zero-order chi connectivity index (χ0) is 20.9. The Morgan fingerprint density at radius 2 is 2.07 bits per heavy atom. The van der Waals surface area contributed by atoms with Crippen molar-refractivity contribution in [3.05, 3.63) is 59.2 Å². The van der Waals surface area contributed by atoms with E-state index >= 15 is 0 Å². The summed E-state index contributed by atoms with van der Waals surface area (Å²) >= 11 is 6.58. The number of aromatic nitrogens is 1. The van der Waals surface area contributed by atoms with Crippen LogP contribution in [0.25, 0.3) is 22.0 Å². The number of carbonyl (C=O) groups excluding carboxylic acids is 1. The van der Waals surface area contributed by atoms with Gasteiger partial charge in [0.1, 0.15) is 11.9 Å². The van der Waals surface area contributed by atoms with Crippen molar-refractivity contribution in [2.75, 3.05) is 6.54 Å². The average molecular weight is 422 g/mol. The van der Waals surface area contributed by atoms with E-state index in [4.69, 9.17) is 22.1 Å². The molecule has 3 N–H and O–H groups in total. The second-order valence-corrected chi connectivity index (χ2v) is 8.89. The maximum atomic E-state index is 11.6. The molecule has 0 radical (unpaired) electrons. The fourth-order valence-corrected chi connectivity index (χ4v) is 4.54. The first kappa shape index (κ1) is 19.3. The summed E-state index contributed by atoms with van der Waals surface area (Å²) in [5.41, 5.74) is 9.92. The molecule has 1 aliphatic carbocycles. The van der Waals surface area contributed by atoms with Crippen LogP contribution in [0.2, 0.25) is 5.02 Å². The number of rotatable bonds is 5. The van der Waals surface area contributed by atoms with Gasteiger partial charge in [0.2, 0.25) is 5.91 Å². The van der Waals surface area contributed by atoms with Crippen molar-refractivity contribution in [2.24, 2.45) is 11.7 Å². The van der Waals surface area contributed by atoms with Crippen LogP contribution in [0.4, 0.5) is 0 Å². The number of fused-ring (bicyclic) bond motifs is 1. The van der Waals surface area contributed by atoms with E-state index in [-0.39, 0.29) is 23.5 Å². The van der Waals surface area contributed by atoms with E-state index in [1.807, 2.05) is 43.3 Å². The van der Waals surface area contributed by atoms with Crippen molar-refractivity contribution in [3.63, 3.8) is 0 Å². The molecule has 2 aromatic carbocycles. The summed E-state index contributed by atoms with van der Waals surface area (Å²) in [5, 5.41) is 4.53. The number of pyridine rings is 1. The number of nitrogens with one attached hydrogen (secondary N) is 1. The molecule has 5 rings (SSSR count). The third kappa shape index (κ3) is 3.53. The highest BCUT2D eigenvalue weighted by Crippen LogP contribution is 2.46. The van der Waals surface area contributed by atoms with Crippen molar-refractivity contribution in [2.45, 2.75) is 37.8 Å². The Balaban J connectivity index is 1.52. The van der Waals surface area contributed by atoms with E-state index in [0.717, 1.165) is 46.2 Å². The van der Waals surface area contributed by atoms with E-state index in [1.165, 1.54) is 0 Å². The standard InChI is InChI=1S/C24H24ClN3O2/c1-14(17-12-23(29)28-13-17)30-22-11-16(10-21-18(22)3-2-8-27-21)15-4-5-19(20(25)9-15)24(26)6-7-24/h2-5,8-11,14,17H,6-7,12-13,26H2,1H3,(H,28,29)/t14-,17+/m0/s1. The number of benzene rings is 2. The zero-order valence-electron chi connectivity index (χ0n) is 16.8. The average Bonchev–Trinajstić information content (AvgIpc) is 3.33. The summed E-state index contributed by atoms with van der Waals surface area (Å²) in [6, 6.07) is 14.1. The summed E-state index contributed by atoms with van der Waals surface area (Å²) in [7, 11) is 0. The number of ether oxygens (including phenoxy) is 1. The SMILES string of the molecule is C[C@H](Oc1cc(-c2ccc(C3(N)CC3)c(Cl)c2)cc2ncccc12)[C@H]1CNC(=O)C1. The summed E-state index contributed by atoms with van der Waals surface area (Å²) in [6.45, 7) is 2.66. The van der Waals surface area contributed by atoms with Gasteiger partial charge in [-0.25, -0.2) is 0 Å². The molecule has 2 aliphatic rings. The highest BCUT2D eigenvalue weighted by Gasteiger charge is 2.41. The number of hydrogen-bond acceptors (Lipinski definition) is 4. The van der Waals surface area contributed by atoms with Crippen LogP contribution in [-0.4, -0.2) is 23.5 Å². The monoisotopic (exact) mass is 421 g/mol. The number of halogens is 1. The maximum Gasteiger partial charge on any atom is 0.220 e. The number of amides is 1. The highest BCUT2D eigenvalue weighted by molar-refractivity contribution is 6.31. The Morgan fingerprint density at radius 1 is 1.23 bits per heavy atom.